The molecule has 2 N–H and O–H groups in total. The SMILES string of the molecule is CC(C)(C)N(NC(=O)c1ccc(Cl)cc1)C(=O)Nc1cccc(Cl)c1Cl. The molecular formula is C18H18Cl3N3O2. The second-order valence-corrected chi connectivity index (χ2v) is 7.71. The first-order valence-electron chi connectivity index (χ1n) is 7.71. The monoisotopic (exact) mass is 413 g/mol. The topological polar surface area (TPSA) is 61.4 Å². The van der Waals surface area contributed by atoms with Gasteiger partial charge in [0.1, 0.15) is 0 Å². The summed E-state index contributed by atoms with van der Waals surface area (Å²) in [6.45, 7) is 5.36. The minimum atomic E-state index is -0.697. The van der Waals surface area contributed by atoms with Gasteiger partial charge in [0.15, 0.2) is 0 Å². The third-order valence-corrected chi connectivity index (χ3v) is 4.46. The van der Waals surface area contributed by atoms with Crippen molar-refractivity contribution in [2.24, 2.45) is 0 Å². The molecule has 0 aliphatic rings. The molecule has 0 saturated carbocycles. The highest BCUT2D eigenvalue weighted by atomic mass is 35.5. The smallest absolute Gasteiger partial charge is 0.305 e. The predicted octanol–water partition coefficient (Wildman–Crippen LogP) is 5.62. The van der Waals surface area contributed by atoms with Crippen LogP contribution in [0.5, 0.6) is 0 Å². The fraction of sp³-hybridized carbons (Fsp3) is 0.222. The molecule has 0 fully saturated rings. The average molecular weight is 415 g/mol. The Labute approximate surface area is 167 Å². The maximum atomic E-state index is 12.7. The minimum absolute atomic E-state index is 0.223. The quantitative estimate of drug-likeness (QED) is 0.626. The Balaban J connectivity index is 2.21. The van der Waals surface area contributed by atoms with E-state index in [1.807, 2.05) is 0 Å². The number of anilines is 1. The second kappa shape index (κ2) is 8.16. The molecule has 0 radical (unpaired) electrons. The van der Waals surface area contributed by atoms with Gasteiger partial charge in [-0.2, -0.15) is 0 Å². The van der Waals surface area contributed by atoms with Crippen molar-refractivity contribution < 1.29 is 9.59 Å². The number of hydrogen-bond acceptors (Lipinski definition) is 2. The average Bonchev–Trinajstić information content (AvgIpc) is 2.56. The lowest BCUT2D eigenvalue weighted by Gasteiger charge is -2.35. The summed E-state index contributed by atoms with van der Waals surface area (Å²) >= 11 is 17.9. The molecule has 0 aromatic heterocycles. The molecule has 8 heteroatoms. The molecule has 0 aliphatic heterocycles. The summed E-state index contributed by atoms with van der Waals surface area (Å²) in [6.07, 6.45) is 0. The number of carbonyl (C=O) groups excluding carboxylic acids is 2. The van der Waals surface area contributed by atoms with E-state index in [-0.39, 0.29) is 5.02 Å². The van der Waals surface area contributed by atoms with Crippen LogP contribution in [0, 0.1) is 0 Å². The van der Waals surface area contributed by atoms with E-state index in [1.165, 1.54) is 5.01 Å². The molecule has 2 aromatic carbocycles. The van der Waals surface area contributed by atoms with E-state index in [0.29, 0.717) is 21.3 Å². The lowest BCUT2D eigenvalue weighted by atomic mass is 10.1. The van der Waals surface area contributed by atoms with E-state index in [4.69, 9.17) is 34.8 Å². The van der Waals surface area contributed by atoms with E-state index in [2.05, 4.69) is 10.7 Å². The van der Waals surface area contributed by atoms with Crippen LogP contribution in [0.25, 0.3) is 0 Å². The predicted molar refractivity (Wildman–Crippen MR) is 106 cm³/mol. The van der Waals surface area contributed by atoms with Gasteiger partial charge in [0.2, 0.25) is 0 Å². The van der Waals surface area contributed by atoms with E-state index in [1.54, 1.807) is 63.2 Å². The molecule has 2 rings (SSSR count). The number of urea groups is 1. The fourth-order valence-corrected chi connectivity index (χ4v) is 2.54. The van der Waals surface area contributed by atoms with Crippen LogP contribution in [0.3, 0.4) is 0 Å². The van der Waals surface area contributed by atoms with Crippen molar-refractivity contribution in [1.82, 2.24) is 10.4 Å². The van der Waals surface area contributed by atoms with Crippen molar-refractivity contribution in [2.75, 3.05) is 5.32 Å². The lowest BCUT2D eigenvalue weighted by molar-refractivity contribution is 0.0687. The number of hydrogen-bond donors (Lipinski definition) is 2. The minimum Gasteiger partial charge on any atom is -0.305 e. The van der Waals surface area contributed by atoms with Gasteiger partial charge in [0, 0.05) is 10.6 Å². The molecule has 0 saturated heterocycles. The van der Waals surface area contributed by atoms with Gasteiger partial charge < -0.3 is 5.32 Å². The Morgan fingerprint density at radius 3 is 2.15 bits per heavy atom. The van der Waals surface area contributed by atoms with Crippen molar-refractivity contribution in [3.8, 4) is 0 Å². The van der Waals surface area contributed by atoms with Crippen molar-refractivity contribution in [1.29, 1.82) is 0 Å². The van der Waals surface area contributed by atoms with Crippen LogP contribution in [0.2, 0.25) is 15.1 Å². The third kappa shape index (κ3) is 5.04. The lowest BCUT2D eigenvalue weighted by Crippen LogP contribution is -2.57. The number of halogens is 3. The summed E-state index contributed by atoms with van der Waals surface area (Å²) in [7, 11) is 0. The Kier molecular flexibility index (Phi) is 6.39. The van der Waals surface area contributed by atoms with E-state index >= 15 is 0 Å². The molecule has 0 bridgehead atoms. The zero-order chi connectivity index (χ0) is 19.5. The summed E-state index contributed by atoms with van der Waals surface area (Å²) in [4.78, 5) is 25.2. The van der Waals surface area contributed by atoms with Crippen molar-refractivity contribution in [2.45, 2.75) is 26.3 Å². The summed E-state index contributed by atoms with van der Waals surface area (Å²) in [5.41, 5.74) is 2.63. The molecule has 5 nitrogen and oxygen atoms in total. The molecule has 0 aliphatic carbocycles. The van der Waals surface area contributed by atoms with Crippen LogP contribution in [0.15, 0.2) is 42.5 Å². The van der Waals surface area contributed by atoms with Crippen LogP contribution in [-0.4, -0.2) is 22.5 Å². The molecule has 26 heavy (non-hydrogen) atoms. The van der Waals surface area contributed by atoms with Gasteiger partial charge in [0.05, 0.1) is 21.3 Å². The summed E-state index contributed by atoms with van der Waals surface area (Å²) in [5.74, 6) is -0.441. The van der Waals surface area contributed by atoms with Crippen molar-refractivity contribution in [3.05, 3.63) is 63.1 Å². The number of rotatable bonds is 2. The third-order valence-electron chi connectivity index (χ3n) is 3.39. The largest absolute Gasteiger partial charge is 0.341 e. The van der Waals surface area contributed by atoms with E-state index in [9.17, 15) is 9.59 Å². The van der Waals surface area contributed by atoms with Gasteiger partial charge in [-0.15, -0.1) is 0 Å². The fourth-order valence-electron chi connectivity index (χ4n) is 2.06. The standard InChI is InChI=1S/C18H18Cl3N3O2/c1-18(2,3)24(23-16(25)11-7-9-12(19)10-8-11)17(26)22-14-6-4-5-13(20)15(14)21/h4-10H,1-3H3,(H,22,26)(H,23,25). The molecule has 138 valence electrons. The van der Waals surface area contributed by atoms with Gasteiger partial charge in [-0.1, -0.05) is 40.9 Å². The molecular weight excluding hydrogens is 397 g/mol. The Bertz CT molecular complexity index is 817. The van der Waals surface area contributed by atoms with Gasteiger partial charge >= 0.3 is 6.03 Å². The maximum Gasteiger partial charge on any atom is 0.341 e. The summed E-state index contributed by atoms with van der Waals surface area (Å²) in [6, 6.07) is 10.7. The molecule has 0 unspecified atom stereocenters. The number of benzene rings is 2. The zero-order valence-corrected chi connectivity index (χ0v) is 16.7. The number of hydrazine groups is 1. The van der Waals surface area contributed by atoms with Crippen molar-refractivity contribution >= 4 is 52.4 Å². The Morgan fingerprint density at radius 2 is 1.58 bits per heavy atom. The number of amides is 3. The van der Waals surface area contributed by atoms with Crippen LogP contribution < -0.4 is 10.7 Å². The van der Waals surface area contributed by atoms with Gasteiger partial charge in [-0.05, 0) is 57.2 Å². The van der Waals surface area contributed by atoms with Gasteiger partial charge in [-0.3, -0.25) is 10.2 Å². The first-order chi connectivity index (χ1) is 12.1. The van der Waals surface area contributed by atoms with Crippen LogP contribution in [-0.2, 0) is 0 Å². The zero-order valence-electron chi connectivity index (χ0n) is 14.4. The van der Waals surface area contributed by atoms with Crippen LogP contribution in [0.4, 0.5) is 10.5 Å². The highest BCUT2D eigenvalue weighted by Gasteiger charge is 2.29. The van der Waals surface area contributed by atoms with Crippen molar-refractivity contribution in [3.63, 3.8) is 0 Å². The van der Waals surface area contributed by atoms with E-state index in [0.717, 1.165) is 0 Å². The molecule has 0 spiro atoms. The first-order valence-corrected chi connectivity index (χ1v) is 8.85. The van der Waals surface area contributed by atoms with Crippen LogP contribution >= 0.6 is 34.8 Å². The number of carbonyl (C=O) groups is 2. The van der Waals surface area contributed by atoms with Gasteiger partial charge in [0.25, 0.3) is 5.91 Å². The van der Waals surface area contributed by atoms with E-state index < -0.39 is 17.5 Å². The Morgan fingerprint density at radius 1 is 0.962 bits per heavy atom. The normalized spacial score (nSPS) is 11.0. The highest BCUT2D eigenvalue weighted by molar-refractivity contribution is 6.44. The summed E-state index contributed by atoms with van der Waals surface area (Å²) in [5, 5.41) is 4.91. The molecule has 2 aromatic rings. The molecule has 0 heterocycles. The first kappa shape index (κ1) is 20.4. The Hall–Kier alpha value is -1.95. The molecule has 0 atom stereocenters. The summed E-state index contributed by atoms with van der Waals surface area (Å²) < 4.78 is 0. The van der Waals surface area contributed by atoms with Gasteiger partial charge in [-0.25, -0.2) is 9.80 Å². The number of nitrogens with zero attached hydrogens (tertiary/aromatic N) is 1. The second-order valence-electron chi connectivity index (χ2n) is 6.49. The number of nitrogens with one attached hydrogen (secondary N) is 2. The highest BCUT2D eigenvalue weighted by Crippen LogP contribution is 2.30. The van der Waals surface area contributed by atoms with Crippen LogP contribution in [0.1, 0.15) is 31.1 Å². The molecule has 3 amide bonds. The maximum absolute atomic E-state index is 12.7.